The van der Waals surface area contributed by atoms with Crippen LogP contribution in [0.4, 0.5) is 0 Å². The van der Waals surface area contributed by atoms with Gasteiger partial charge < -0.3 is 9.90 Å². The normalized spacial score (nSPS) is 20.5. The molecule has 1 unspecified atom stereocenters. The Morgan fingerprint density at radius 3 is 2.67 bits per heavy atom. The summed E-state index contributed by atoms with van der Waals surface area (Å²) in [5.41, 5.74) is 0. The highest BCUT2D eigenvalue weighted by atomic mass is 16.3. The Kier molecular flexibility index (Phi) is 1.54. The molecule has 1 atom stereocenters. The van der Waals surface area contributed by atoms with Crippen molar-refractivity contribution in [2.75, 3.05) is 0 Å². The molecule has 0 heterocycles. The molecule has 0 rings (SSSR count). The molecule has 0 fully saturated rings. The third-order valence-electron chi connectivity index (χ3n) is 0.330. The molecule has 0 radical (unpaired) electrons. The second kappa shape index (κ2) is 2.60. The summed E-state index contributed by atoms with van der Waals surface area (Å²) in [5.74, 6) is 0. The maximum absolute atomic E-state index is 9.55. The van der Waals surface area contributed by atoms with Crippen molar-refractivity contribution < 1.29 is 11.3 Å². The molecule has 0 aliphatic rings. The van der Waals surface area contributed by atoms with Crippen LogP contribution in [-0.4, -0.2) is 17.5 Å². The monoisotopic (exact) mass is 87.0 g/mol. The van der Waals surface area contributed by atoms with Crippen LogP contribution in [0.3, 0.4) is 0 Å². The Labute approximate surface area is 37.5 Å². The number of aliphatic hydroxyl groups is 1. The number of hydrogen-bond donors (Lipinski definition) is 1. The third-order valence-corrected chi connectivity index (χ3v) is 0.330. The molecular formula is C4H6O2. The van der Waals surface area contributed by atoms with Crippen molar-refractivity contribution in [2.24, 2.45) is 0 Å². The van der Waals surface area contributed by atoms with E-state index < -0.39 is 6.08 Å². The molecule has 0 aliphatic carbocycles. The highest BCUT2D eigenvalue weighted by Gasteiger charge is 1.86. The first-order valence-corrected chi connectivity index (χ1v) is 1.44. The van der Waals surface area contributed by atoms with E-state index in [0.717, 1.165) is 6.08 Å². The molecule has 0 aromatic carbocycles. The van der Waals surface area contributed by atoms with Crippen LogP contribution in [0.1, 0.15) is 1.37 Å². The number of carbonyl (C=O) groups is 1. The van der Waals surface area contributed by atoms with Crippen molar-refractivity contribution in [2.45, 2.75) is 6.08 Å². The lowest BCUT2D eigenvalue weighted by atomic mass is 10.4. The molecule has 0 amide bonds. The van der Waals surface area contributed by atoms with Crippen LogP contribution in [0, 0.1) is 0 Å². The predicted octanol–water partition coefficient (Wildman–Crippen LogP) is -0.268. The molecule has 2 nitrogen and oxygen atoms in total. The summed E-state index contributed by atoms with van der Waals surface area (Å²) in [5, 5.41) is 8.31. The van der Waals surface area contributed by atoms with E-state index in [1.54, 1.807) is 0 Å². The van der Waals surface area contributed by atoms with Gasteiger partial charge in [0, 0.05) is 0 Å². The molecule has 0 aromatic rings. The fourth-order valence-electron chi connectivity index (χ4n) is 0.0481. The van der Waals surface area contributed by atoms with E-state index in [9.17, 15) is 4.79 Å². The van der Waals surface area contributed by atoms with Gasteiger partial charge in [0.2, 0.25) is 0 Å². The number of hydrogen-bond acceptors (Lipinski definition) is 2. The van der Waals surface area contributed by atoms with E-state index in [0.29, 0.717) is 0 Å². The number of carbonyl (C=O) groups excluding carboxylic acids is 1. The first-order chi connectivity index (χ1) is 3.12. The van der Waals surface area contributed by atoms with Crippen LogP contribution in [-0.2, 0) is 4.79 Å². The Hall–Kier alpha value is -0.630. The van der Waals surface area contributed by atoms with Gasteiger partial charge in [-0.15, -0.1) is 6.58 Å². The van der Waals surface area contributed by atoms with Crippen LogP contribution in [0.25, 0.3) is 0 Å². The highest BCUT2D eigenvalue weighted by Crippen LogP contribution is 1.70. The van der Waals surface area contributed by atoms with Crippen molar-refractivity contribution >= 4 is 6.29 Å². The molecular weight excluding hydrogens is 80.0 g/mol. The Bertz CT molecular complexity index is 77.7. The zero-order valence-electron chi connectivity index (χ0n) is 4.22. The fourth-order valence-corrected chi connectivity index (χ4v) is 0.0481. The lowest BCUT2D eigenvalue weighted by Gasteiger charge is -1.83. The molecule has 6 heavy (non-hydrogen) atoms. The smallest absolute Gasteiger partial charge is 0.152 e. The van der Waals surface area contributed by atoms with Crippen LogP contribution >= 0.6 is 0 Å². The Balaban J connectivity index is 3.82. The van der Waals surface area contributed by atoms with Crippen molar-refractivity contribution in [3.63, 3.8) is 0 Å². The summed E-state index contributed by atoms with van der Waals surface area (Å²) in [6.45, 7) is 3.03. The van der Waals surface area contributed by atoms with Crippen molar-refractivity contribution in [1.82, 2.24) is 0 Å². The summed E-state index contributed by atoms with van der Waals surface area (Å²) in [4.78, 5) is 9.55. The fraction of sp³-hybridized carbons (Fsp3) is 0.250. The highest BCUT2D eigenvalue weighted by molar-refractivity contribution is 5.58. The molecule has 0 spiro atoms. The van der Waals surface area contributed by atoms with Gasteiger partial charge in [-0.1, -0.05) is 6.08 Å². The van der Waals surface area contributed by atoms with Gasteiger partial charge in [0.1, 0.15) is 6.08 Å². The van der Waals surface area contributed by atoms with Crippen molar-refractivity contribution in [3.05, 3.63) is 12.7 Å². The zero-order valence-corrected chi connectivity index (χ0v) is 3.22. The topological polar surface area (TPSA) is 37.3 Å². The van der Waals surface area contributed by atoms with Gasteiger partial charge in [-0.25, -0.2) is 0 Å². The first-order valence-electron chi connectivity index (χ1n) is 1.94. The number of aldehydes is 1. The van der Waals surface area contributed by atoms with Gasteiger partial charge in [0.05, 0.1) is 1.37 Å². The van der Waals surface area contributed by atoms with Gasteiger partial charge in [-0.3, -0.25) is 0 Å². The minimum Gasteiger partial charge on any atom is -0.382 e. The Morgan fingerprint density at radius 2 is 2.67 bits per heavy atom. The molecule has 0 saturated heterocycles. The lowest BCUT2D eigenvalue weighted by molar-refractivity contribution is -0.112. The van der Waals surface area contributed by atoms with Crippen LogP contribution in [0.15, 0.2) is 12.7 Å². The largest absolute Gasteiger partial charge is 0.382 e. The summed E-state index contributed by atoms with van der Waals surface area (Å²) in [7, 11) is 0. The molecule has 0 saturated carbocycles. The molecule has 34 valence electrons. The summed E-state index contributed by atoms with van der Waals surface area (Å²) >= 11 is 0. The zero-order chi connectivity index (χ0) is 5.91. The molecule has 1 N–H and O–H groups in total. The van der Waals surface area contributed by atoms with E-state index in [4.69, 9.17) is 6.48 Å². The summed E-state index contributed by atoms with van der Waals surface area (Å²) < 4.78 is 6.49. The molecule has 2 heteroatoms. The van der Waals surface area contributed by atoms with E-state index in [1.807, 2.05) is 0 Å². The quantitative estimate of drug-likeness (QED) is 0.372. The van der Waals surface area contributed by atoms with Crippen molar-refractivity contribution in [1.29, 1.82) is 0 Å². The number of rotatable bonds is 2. The second-order valence-electron chi connectivity index (χ2n) is 0.747. The van der Waals surface area contributed by atoms with Crippen LogP contribution in [0.2, 0.25) is 0 Å². The molecule has 0 bridgehead atoms. The van der Waals surface area contributed by atoms with Crippen LogP contribution < -0.4 is 0 Å². The SMILES string of the molecule is [2H]C(O)(C=C)C=O. The van der Waals surface area contributed by atoms with Gasteiger partial charge >= 0.3 is 0 Å². The molecule has 0 aliphatic heterocycles. The van der Waals surface area contributed by atoms with Crippen molar-refractivity contribution in [3.8, 4) is 0 Å². The summed E-state index contributed by atoms with van der Waals surface area (Å²) in [6, 6.07) is 0. The van der Waals surface area contributed by atoms with Gasteiger partial charge in [-0.05, 0) is 0 Å². The van der Waals surface area contributed by atoms with Gasteiger partial charge in [0.15, 0.2) is 6.29 Å². The van der Waals surface area contributed by atoms with E-state index in [2.05, 4.69) is 6.58 Å². The van der Waals surface area contributed by atoms with E-state index >= 15 is 0 Å². The van der Waals surface area contributed by atoms with E-state index in [1.165, 1.54) is 0 Å². The maximum Gasteiger partial charge on any atom is 0.152 e. The van der Waals surface area contributed by atoms with E-state index in [-0.39, 0.29) is 6.29 Å². The summed E-state index contributed by atoms with van der Waals surface area (Å²) in [6.07, 6.45) is -1.14. The minimum atomic E-state index is -2.08. The van der Waals surface area contributed by atoms with Gasteiger partial charge in [0.25, 0.3) is 0 Å². The standard InChI is InChI=1S/C4H6O2/c1-2-4(6)3-5/h2-4,6H,1H2/i4D. The predicted molar refractivity (Wildman–Crippen MR) is 22.3 cm³/mol. The first kappa shape index (κ1) is 3.56. The lowest BCUT2D eigenvalue weighted by Crippen LogP contribution is -2.00. The Morgan fingerprint density at radius 1 is 2.17 bits per heavy atom. The van der Waals surface area contributed by atoms with Crippen LogP contribution in [0.5, 0.6) is 0 Å². The average Bonchev–Trinajstić information content (AvgIpc) is 1.68. The minimum absolute atomic E-state index is 0.0972. The average molecular weight is 87.1 g/mol. The molecule has 0 aromatic heterocycles. The third kappa shape index (κ3) is 1.67. The van der Waals surface area contributed by atoms with Gasteiger partial charge in [-0.2, -0.15) is 0 Å². The second-order valence-corrected chi connectivity index (χ2v) is 0.747. The maximum atomic E-state index is 9.55.